The van der Waals surface area contributed by atoms with Gasteiger partial charge in [0, 0.05) is 6.07 Å². The molecule has 0 bridgehead atoms. The van der Waals surface area contributed by atoms with E-state index in [1.165, 1.54) is 6.07 Å². The summed E-state index contributed by atoms with van der Waals surface area (Å²) in [5, 5.41) is 18.7. The third-order valence-corrected chi connectivity index (χ3v) is 1.59. The molecular weight excluding hydrogens is 212 g/mol. The molecule has 15 heavy (non-hydrogen) atoms. The molecule has 0 saturated carbocycles. The van der Waals surface area contributed by atoms with Crippen molar-refractivity contribution < 1.29 is 13.7 Å². The average molecular weight is 215 g/mol. The number of rotatable bonds is 2. The normalized spacial score (nSPS) is 10.0. The molecule has 0 saturated heterocycles. The quantitative estimate of drug-likeness (QED) is 0.589. The third-order valence-electron chi connectivity index (χ3n) is 1.59. The largest absolute Gasteiger partial charge is 0.335 e. The summed E-state index contributed by atoms with van der Waals surface area (Å²) >= 11 is 0. The summed E-state index contributed by atoms with van der Waals surface area (Å²) in [4.78, 5) is 21.7. The molecule has 1 N–H and O–H groups in total. The molecular formula is C7H3F2N3O3. The standard InChI is InChI=1S/C7H3F2N3O3/c8-6(9)5-3(2-10)1-4(12(14)15)7(13)11-5/h1,6H,(H,11,13). The Morgan fingerprint density at radius 1 is 1.60 bits per heavy atom. The molecule has 1 aromatic heterocycles. The van der Waals surface area contributed by atoms with E-state index in [1.54, 1.807) is 4.98 Å². The van der Waals surface area contributed by atoms with E-state index >= 15 is 0 Å². The number of alkyl halides is 2. The lowest BCUT2D eigenvalue weighted by Crippen LogP contribution is -2.15. The van der Waals surface area contributed by atoms with Gasteiger partial charge in [-0.05, 0) is 0 Å². The molecule has 0 fully saturated rings. The van der Waals surface area contributed by atoms with E-state index in [0.29, 0.717) is 6.07 Å². The topological polar surface area (TPSA) is 99.8 Å². The van der Waals surface area contributed by atoms with Crippen molar-refractivity contribution in [3.8, 4) is 6.07 Å². The summed E-state index contributed by atoms with van der Waals surface area (Å²) in [6.07, 6.45) is -3.06. The number of nitro groups is 1. The average Bonchev–Trinajstić information content (AvgIpc) is 2.16. The highest BCUT2D eigenvalue weighted by molar-refractivity contribution is 5.42. The van der Waals surface area contributed by atoms with Crippen molar-refractivity contribution in [3.05, 3.63) is 37.8 Å². The molecule has 78 valence electrons. The van der Waals surface area contributed by atoms with Gasteiger partial charge in [-0.2, -0.15) is 5.26 Å². The van der Waals surface area contributed by atoms with E-state index in [1.807, 2.05) is 0 Å². The van der Waals surface area contributed by atoms with E-state index in [-0.39, 0.29) is 0 Å². The van der Waals surface area contributed by atoms with Gasteiger partial charge in [0.1, 0.15) is 11.8 Å². The van der Waals surface area contributed by atoms with E-state index in [4.69, 9.17) is 5.26 Å². The van der Waals surface area contributed by atoms with Crippen molar-refractivity contribution in [1.82, 2.24) is 4.98 Å². The summed E-state index contributed by atoms with van der Waals surface area (Å²) < 4.78 is 24.5. The molecule has 0 amide bonds. The van der Waals surface area contributed by atoms with Crippen LogP contribution in [0.25, 0.3) is 0 Å². The molecule has 1 aromatic rings. The Hall–Kier alpha value is -2.30. The first kappa shape index (κ1) is 10.8. The Kier molecular flexibility index (Phi) is 2.75. The SMILES string of the molecule is N#Cc1cc([N+](=O)[O-])c(=O)[nH]c1C(F)F. The van der Waals surface area contributed by atoms with E-state index in [9.17, 15) is 23.7 Å². The number of nitrogens with zero attached hydrogens (tertiary/aromatic N) is 2. The fourth-order valence-electron chi connectivity index (χ4n) is 0.934. The molecule has 0 spiro atoms. The maximum Gasteiger partial charge on any atom is 0.335 e. The van der Waals surface area contributed by atoms with Crippen LogP contribution in [0.5, 0.6) is 0 Å². The van der Waals surface area contributed by atoms with Gasteiger partial charge < -0.3 is 4.98 Å². The second-order valence-electron chi connectivity index (χ2n) is 2.48. The third kappa shape index (κ3) is 1.96. The minimum Gasteiger partial charge on any atom is -0.314 e. The van der Waals surface area contributed by atoms with Gasteiger partial charge in [0.15, 0.2) is 0 Å². The number of aromatic amines is 1. The van der Waals surface area contributed by atoms with Gasteiger partial charge in [-0.1, -0.05) is 0 Å². The highest BCUT2D eigenvalue weighted by Gasteiger charge is 2.21. The molecule has 1 heterocycles. The van der Waals surface area contributed by atoms with E-state index < -0.39 is 33.9 Å². The Balaban J connectivity index is 3.51. The fraction of sp³-hybridized carbons (Fsp3) is 0.143. The second-order valence-corrected chi connectivity index (χ2v) is 2.48. The Morgan fingerprint density at radius 2 is 2.20 bits per heavy atom. The van der Waals surface area contributed by atoms with E-state index in [0.717, 1.165) is 0 Å². The Bertz CT molecular complexity index is 503. The molecule has 8 heteroatoms. The monoisotopic (exact) mass is 215 g/mol. The van der Waals surface area contributed by atoms with Crippen LogP contribution < -0.4 is 5.56 Å². The number of H-pyrrole nitrogens is 1. The highest BCUT2D eigenvalue weighted by Crippen LogP contribution is 2.20. The van der Waals surface area contributed by atoms with Crippen LogP contribution in [0.15, 0.2) is 10.9 Å². The molecule has 0 aliphatic carbocycles. The molecule has 0 aromatic carbocycles. The van der Waals surface area contributed by atoms with Crippen LogP contribution in [0.4, 0.5) is 14.5 Å². The smallest absolute Gasteiger partial charge is 0.314 e. The van der Waals surface area contributed by atoms with Gasteiger partial charge in [-0.15, -0.1) is 0 Å². The van der Waals surface area contributed by atoms with Gasteiger partial charge in [0.05, 0.1) is 10.5 Å². The Labute approximate surface area is 80.9 Å². The van der Waals surface area contributed by atoms with Crippen LogP contribution in [0.1, 0.15) is 17.7 Å². The van der Waals surface area contributed by atoms with Crippen molar-refractivity contribution in [1.29, 1.82) is 5.26 Å². The van der Waals surface area contributed by atoms with Crippen LogP contribution in [-0.4, -0.2) is 9.91 Å². The lowest BCUT2D eigenvalue weighted by atomic mass is 10.2. The summed E-state index contributed by atoms with van der Waals surface area (Å²) in [6, 6.07) is 1.87. The van der Waals surface area contributed by atoms with Crippen LogP contribution in [0.3, 0.4) is 0 Å². The molecule has 0 aliphatic rings. The zero-order valence-corrected chi connectivity index (χ0v) is 7.03. The van der Waals surface area contributed by atoms with Crippen LogP contribution in [0.2, 0.25) is 0 Å². The number of halogens is 2. The summed E-state index contributed by atoms with van der Waals surface area (Å²) in [5.41, 5.74) is -3.71. The van der Waals surface area contributed by atoms with E-state index in [2.05, 4.69) is 0 Å². The van der Waals surface area contributed by atoms with Gasteiger partial charge in [-0.25, -0.2) is 8.78 Å². The number of hydrogen-bond donors (Lipinski definition) is 1. The zero-order chi connectivity index (χ0) is 11.6. The Morgan fingerprint density at radius 3 is 2.60 bits per heavy atom. The van der Waals surface area contributed by atoms with Crippen LogP contribution in [-0.2, 0) is 0 Å². The van der Waals surface area contributed by atoms with Gasteiger partial charge in [-0.3, -0.25) is 14.9 Å². The summed E-state index contributed by atoms with van der Waals surface area (Å²) in [6.45, 7) is 0. The van der Waals surface area contributed by atoms with Crippen molar-refractivity contribution in [2.75, 3.05) is 0 Å². The highest BCUT2D eigenvalue weighted by atomic mass is 19.3. The van der Waals surface area contributed by atoms with Crippen molar-refractivity contribution in [2.45, 2.75) is 6.43 Å². The number of pyridine rings is 1. The molecule has 1 rings (SSSR count). The summed E-state index contributed by atoms with van der Waals surface area (Å²) in [5.74, 6) is 0. The molecule has 0 aliphatic heterocycles. The molecule has 0 radical (unpaired) electrons. The van der Waals surface area contributed by atoms with Crippen molar-refractivity contribution in [2.24, 2.45) is 0 Å². The molecule has 0 atom stereocenters. The first-order chi connectivity index (χ1) is 6.97. The second kappa shape index (κ2) is 3.83. The van der Waals surface area contributed by atoms with Gasteiger partial charge >= 0.3 is 11.2 Å². The first-order valence-electron chi connectivity index (χ1n) is 3.57. The van der Waals surface area contributed by atoms with Crippen LogP contribution >= 0.6 is 0 Å². The minimum atomic E-state index is -3.06. The predicted octanol–water partition coefficient (Wildman–Crippen LogP) is 1.09. The molecule has 6 nitrogen and oxygen atoms in total. The number of hydrogen-bond acceptors (Lipinski definition) is 4. The first-order valence-corrected chi connectivity index (χ1v) is 3.57. The van der Waals surface area contributed by atoms with Crippen LogP contribution in [0, 0.1) is 21.4 Å². The maximum atomic E-state index is 12.2. The molecule has 0 unspecified atom stereocenters. The van der Waals surface area contributed by atoms with Crippen molar-refractivity contribution >= 4 is 5.69 Å². The number of aromatic nitrogens is 1. The van der Waals surface area contributed by atoms with Gasteiger partial charge in [0.2, 0.25) is 0 Å². The minimum absolute atomic E-state index is 0.528. The fourth-order valence-corrected chi connectivity index (χ4v) is 0.934. The number of nitriles is 1. The van der Waals surface area contributed by atoms with Crippen molar-refractivity contribution in [3.63, 3.8) is 0 Å². The maximum absolute atomic E-state index is 12.2. The number of nitrogens with one attached hydrogen (secondary N) is 1. The lowest BCUT2D eigenvalue weighted by molar-refractivity contribution is -0.386. The van der Waals surface area contributed by atoms with Gasteiger partial charge in [0.25, 0.3) is 6.43 Å². The lowest BCUT2D eigenvalue weighted by Gasteiger charge is -2.01. The summed E-state index contributed by atoms with van der Waals surface area (Å²) in [7, 11) is 0. The zero-order valence-electron chi connectivity index (χ0n) is 7.03. The predicted molar refractivity (Wildman–Crippen MR) is 43.4 cm³/mol.